The molecule has 0 saturated heterocycles. The van der Waals surface area contributed by atoms with Crippen LogP contribution in [0.5, 0.6) is 0 Å². The zero-order valence-corrected chi connectivity index (χ0v) is 26.3. The number of carbonyl (C=O) groups excluding carboxylic acids is 1. The molecule has 35 heavy (non-hydrogen) atoms. The van der Waals surface area contributed by atoms with Crippen LogP contribution in [0.2, 0.25) is 39.3 Å². The molecule has 0 heterocycles. The average molecular weight is 519 g/mol. The molecule has 0 spiro atoms. The summed E-state index contributed by atoms with van der Waals surface area (Å²) >= 11 is 0. The molecule has 0 aromatic rings. The lowest BCUT2D eigenvalue weighted by Gasteiger charge is -2.58. The van der Waals surface area contributed by atoms with Crippen LogP contribution < -0.4 is 0 Å². The monoisotopic (exact) mass is 518 g/mol. The molecule has 4 aliphatic carbocycles. The second kappa shape index (κ2) is 9.73. The fourth-order valence-electron chi connectivity index (χ4n) is 9.14. The highest BCUT2D eigenvalue weighted by atomic mass is 28.4. The number of carbonyl (C=O) groups is 1. The van der Waals surface area contributed by atoms with E-state index in [0.717, 1.165) is 30.1 Å². The van der Waals surface area contributed by atoms with Crippen LogP contribution in [0.1, 0.15) is 85.0 Å². The predicted molar refractivity (Wildman–Crippen MR) is 151 cm³/mol. The number of hydrogen-bond donors (Lipinski definition) is 0. The lowest BCUT2D eigenvalue weighted by Crippen LogP contribution is -2.51. The van der Waals surface area contributed by atoms with Crippen molar-refractivity contribution in [2.45, 2.75) is 130 Å². The maximum Gasteiger partial charge on any atom is 0.292 e. The van der Waals surface area contributed by atoms with E-state index < -0.39 is 16.6 Å². The quantitative estimate of drug-likeness (QED) is 0.250. The van der Waals surface area contributed by atoms with Crippen molar-refractivity contribution < 1.29 is 13.6 Å². The minimum atomic E-state index is -1.79. The van der Waals surface area contributed by atoms with Crippen molar-refractivity contribution in [2.75, 3.05) is 0 Å². The van der Waals surface area contributed by atoms with Gasteiger partial charge < -0.3 is 8.85 Å². The summed E-state index contributed by atoms with van der Waals surface area (Å²) in [6.07, 6.45) is 15.3. The van der Waals surface area contributed by atoms with Crippen molar-refractivity contribution in [3.8, 4) is 0 Å². The van der Waals surface area contributed by atoms with Crippen molar-refractivity contribution >= 4 is 22.6 Å². The highest BCUT2D eigenvalue weighted by Gasteiger charge is 2.59. The summed E-state index contributed by atoms with van der Waals surface area (Å²) in [4.78, 5) is 12.4. The smallest absolute Gasteiger partial charge is 0.292 e. The van der Waals surface area contributed by atoms with Gasteiger partial charge in [0.15, 0.2) is 8.32 Å². The van der Waals surface area contributed by atoms with Gasteiger partial charge in [0, 0.05) is 12.5 Å². The molecule has 3 saturated carbocycles. The molecule has 0 aliphatic heterocycles. The van der Waals surface area contributed by atoms with Gasteiger partial charge in [0.25, 0.3) is 5.97 Å². The van der Waals surface area contributed by atoms with Gasteiger partial charge in [0.1, 0.15) is 0 Å². The summed E-state index contributed by atoms with van der Waals surface area (Å²) in [5.41, 5.74) is 2.58. The molecule has 3 fully saturated rings. The number of allylic oxidation sites excluding steroid dienone is 1. The van der Waals surface area contributed by atoms with E-state index in [1.54, 1.807) is 5.57 Å². The first-order valence-corrected chi connectivity index (χ1v) is 21.5. The van der Waals surface area contributed by atoms with Gasteiger partial charge in [-0.2, -0.15) is 0 Å². The van der Waals surface area contributed by atoms with E-state index in [1.165, 1.54) is 51.4 Å². The highest BCUT2D eigenvalue weighted by molar-refractivity contribution is 6.71. The number of rotatable bonds is 7. The second-order valence-corrected chi connectivity index (χ2v) is 24.1. The Balaban J connectivity index is 1.42. The number of fused-ring (bicyclic) bond motifs is 5. The zero-order chi connectivity index (χ0) is 25.8. The summed E-state index contributed by atoms with van der Waals surface area (Å²) in [7, 11) is -3.27. The molecular weight excluding hydrogens is 464 g/mol. The van der Waals surface area contributed by atoms with Crippen LogP contribution in [-0.2, 0) is 13.6 Å². The van der Waals surface area contributed by atoms with E-state index in [1.807, 2.05) is 0 Å². The van der Waals surface area contributed by atoms with Gasteiger partial charge >= 0.3 is 0 Å². The van der Waals surface area contributed by atoms with Crippen molar-refractivity contribution in [3.63, 3.8) is 0 Å². The lowest BCUT2D eigenvalue weighted by atomic mass is 9.47. The van der Waals surface area contributed by atoms with Gasteiger partial charge in [-0.1, -0.05) is 32.4 Å². The van der Waals surface area contributed by atoms with Crippen molar-refractivity contribution in [1.82, 2.24) is 0 Å². The molecule has 0 N–H and O–H groups in total. The van der Waals surface area contributed by atoms with E-state index in [2.05, 4.69) is 66.1 Å². The molecule has 0 radical (unpaired) electrons. The summed E-state index contributed by atoms with van der Waals surface area (Å²) in [5.74, 6) is 3.96. The zero-order valence-electron chi connectivity index (χ0n) is 24.3. The van der Waals surface area contributed by atoms with Crippen LogP contribution in [0.3, 0.4) is 0 Å². The van der Waals surface area contributed by atoms with Gasteiger partial charge in [-0.3, -0.25) is 4.79 Å². The minimum Gasteiger partial charge on any atom is -0.520 e. The molecule has 4 aliphatic rings. The fourth-order valence-corrected chi connectivity index (χ4v) is 11.1. The van der Waals surface area contributed by atoms with E-state index in [4.69, 9.17) is 8.85 Å². The van der Waals surface area contributed by atoms with E-state index in [-0.39, 0.29) is 5.97 Å². The molecular formula is C30H54O3Si2. The average Bonchev–Trinajstić information content (AvgIpc) is 3.07. The van der Waals surface area contributed by atoms with Crippen LogP contribution in [0, 0.1) is 40.4 Å². The number of hydrogen-bond acceptors (Lipinski definition) is 3. The molecule has 200 valence electrons. The summed E-state index contributed by atoms with van der Waals surface area (Å²) in [6.45, 7) is 21.0. The minimum absolute atomic E-state index is 0.0333. The Morgan fingerprint density at radius 3 is 2.37 bits per heavy atom. The van der Waals surface area contributed by atoms with Crippen molar-refractivity contribution in [1.29, 1.82) is 0 Å². The largest absolute Gasteiger partial charge is 0.520 e. The normalized spacial score (nSPS) is 40.3. The molecule has 3 nitrogen and oxygen atoms in total. The topological polar surface area (TPSA) is 35.5 Å². The third-order valence-electron chi connectivity index (χ3n) is 10.6. The lowest BCUT2D eigenvalue weighted by molar-refractivity contribution is -0.135. The van der Waals surface area contributed by atoms with E-state index in [9.17, 15) is 4.79 Å². The Bertz CT molecular complexity index is 824. The molecule has 4 rings (SSSR count). The van der Waals surface area contributed by atoms with E-state index >= 15 is 0 Å². The molecule has 0 aromatic carbocycles. The molecule has 4 unspecified atom stereocenters. The maximum atomic E-state index is 12.4. The van der Waals surface area contributed by atoms with Gasteiger partial charge in [0.2, 0.25) is 8.32 Å². The van der Waals surface area contributed by atoms with Crippen LogP contribution >= 0.6 is 0 Å². The molecule has 0 aromatic heterocycles. The third kappa shape index (κ3) is 5.72. The Labute approximate surface area is 218 Å². The van der Waals surface area contributed by atoms with Gasteiger partial charge in [-0.15, -0.1) is 0 Å². The van der Waals surface area contributed by atoms with Crippen LogP contribution in [0.25, 0.3) is 0 Å². The first-order valence-electron chi connectivity index (χ1n) is 14.7. The Morgan fingerprint density at radius 1 is 1.00 bits per heavy atom. The van der Waals surface area contributed by atoms with Gasteiger partial charge in [-0.05, 0) is 137 Å². The van der Waals surface area contributed by atoms with Crippen LogP contribution in [0.4, 0.5) is 0 Å². The SMILES string of the molecule is CC(CCC(=O)O[Si](C)(C)C)[C@H]1CCC2C3CC=C4C[C@@H](O[Si](C)(C)C)CC[C@]4(C)C3CC[C@@]21C. The summed E-state index contributed by atoms with van der Waals surface area (Å²) in [6, 6.07) is 0. The Morgan fingerprint density at radius 2 is 1.71 bits per heavy atom. The highest BCUT2D eigenvalue weighted by Crippen LogP contribution is 2.67. The molecule has 0 amide bonds. The van der Waals surface area contributed by atoms with Gasteiger partial charge in [0.05, 0.1) is 0 Å². The van der Waals surface area contributed by atoms with Crippen molar-refractivity contribution in [2.24, 2.45) is 40.4 Å². The summed E-state index contributed by atoms with van der Waals surface area (Å²) < 4.78 is 12.3. The fraction of sp³-hybridized carbons (Fsp3) is 0.900. The summed E-state index contributed by atoms with van der Waals surface area (Å²) in [5, 5.41) is 0. The Hall–Kier alpha value is -0.396. The van der Waals surface area contributed by atoms with E-state index in [0.29, 0.717) is 29.3 Å². The third-order valence-corrected chi connectivity index (χ3v) is 12.4. The van der Waals surface area contributed by atoms with Crippen LogP contribution in [0.15, 0.2) is 11.6 Å². The molecule has 8 atom stereocenters. The first kappa shape index (κ1) is 27.6. The van der Waals surface area contributed by atoms with Crippen molar-refractivity contribution in [3.05, 3.63) is 11.6 Å². The second-order valence-electron chi connectivity index (χ2n) is 15.2. The standard InChI is InChI=1S/C30H54O3Si2/c1-21(10-15-28(31)33-35(7,8)9)25-13-14-26-24-12-11-22-20-23(32-34(4,5)6)16-18-29(22,2)27(24)17-19-30(25,26)3/h11,21,23-27H,10,12-20H2,1-9H3/t21?,23-,24?,25+,26?,27?,29-,30+/m0/s1. The molecule has 0 bridgehead atoms. The van der Waals surface area contributed by atoms with Gasteiger partial charge in [-0.25, -0.2) is 0 Å². The van der Waals surface area contributed by atoms with Crippen LogP contribution in [-0.4, -0.2) is 28.7 Å². The maximum absolute atomic E-state index is 12.4. The molecule has 5 heteroatoms. The first-order chi connectivity index (χ1) is 16.1. The predicted octanol–water partition coefficient (Wildman–Crippen LogP) is 8.58. The Kier molecular flexibility index (Phi) is 7.68.